The van der Waals surface area contributed by atoms with Gasteiger partial charge in [-0.2, -0.15) is 0 Å². The molecule has 0 aliphatic rings. The fraction of sp³-hybridized carbons (Fsp3) is 0.333. The standard InChI is InChI=1S/C12H17FN4/c1-9(2)17(16-12(14)15-3)8-10-5-4-6-11(13)7-10/h4-7,9H,3,8H2,1-2H3,(H2,14,16). The first-order valence-electron chi connectivity index (χ1n) is 5.35. The molecule has 2 N–H and O–H groups in total. The van der Waals surface area contributed by atoms with Crippen molar-refractivity contribution in [2.24, 2.45) is 15.8 Å². The topological polar surface area (TPSA) is 54.0 Å². The molecule has 0 amide bonds. The summed E-state index contributed by atoms with van der Waals surface area (Å²) >= 11 is 0. The first-order chi connectivity index (χ1) is 8.02. The normalized spacial score (nSPS) is 11.6. The zero-order valence-corrected chi connectivity index (χ0v) is 10.1. The van der Waals surface area contributed by atoms with Gasteiger partial charge < -0.3 is 5.73 Å². The second kappa shape index (κ2) is 5.98. The zero-order valence-electron chi connectivity index (χ0n) is 10.1. The van der Waals surface area contributed by atoms with Crippen molar-refractivity contribution in [3.8, 4) is 0 Å². The average molecular weight is 236 g/mol. The Balaban J connectivity index is 2.84. The van der Waals surface area contributed by atoms with Crippen LogP contribution in [-0.4, -0.2) is 23.7 Å². The lowest BCUT2D eigenvalue weighted by molar-refractivity contribution is 0.222. The summed E-state index contributed by atoms with van der Waals surface area (Å²) in [5.41, 5.74) is 6.33. The molecule has 0 saturated carbocycles. The van der Waals surface area contributed by atoms with Crippen LogP contribution in [0.25, 0.3) is 0 Å². The molecule has 0 heterocycles. The molecule has 5 heteroatoms. The molecule has 0 aliphatic carbocycles. The van der Waals surface area contributed by atoms with Crippen molar-refractivity contribution < 1.29 is 4.39 Å². The smallest absolute Gasteiger partial charge is 0.236 e. The van der Waals surface area contributed by atoms with Gasteiger partial charge in [-0.15, -0.1) is 5.10 Å². The Morgan fingerprint density at radius 1 is 1.53 bits per heavy atom. The van der Waals surface area contributed by atoms with E-state index in [1.807, 2.05) is 19.9 Å². The van der Waals surface area contributed by atoms with E-state index < -0.39 is 0 Å². The average Bonchev–Trinajstić information content (AvgIpc) is 2.27. The van der Waals surface area contributed by atoms with E-state index in [1.54, 1.807) is 11.1 Å². The summed E-state index contributed by atoms with van der Waals surface area (Å²) in [7, 11) is 0. The maximum absolute atomic E-state index is 13.0. The minimum absolute atomic E-state index is 0.107. The van der Waals surface area contributed by atoms with Crippen molar-refractivity contribution in [2.45, 2.75) is 26.4 Å². The van der Waals surface area contributed by atoms with Gasteiger partial charge in [0, 0.05) is 6.04 Å². The fourth-order valence-corrected chi connectivity index (χ4v) is 1.32. The van der Waals surface area contributed by atoms with Gasteiger partial charge in [0.15, 0.2) is 0 Å². The van der Waals surface area contributed by atoms with Crippen LogP contribution < -0.4 is 5.73 Å². The molecule has 0 fully saturated rings. The Bertz CT molecular complexity index is 415. The van der Waals surface area contributed by atoms with Gasteiger partial charge in [-0.3, -0.25) is 5.01 Å². The molecule has 0 unspecified atom stereocenters. The monoisotopic (exact) mass is 236 g/mol. The lowest BCUT2D eigenvalue weighted by atomic mass is 10.2. The SMILES string of the molecule is C=N/C(N)=N\N(Cc1cccc(F)c1)C(C)C. The van der Waals surface area contributed by atoms with Crippen LogP contribution in [0.4, 0.5) is 4.39 Å². The van der Waals surface area contributed by atoms with Crippen LogP contribution in [0.5, 0.6) is 0 Å². The molecule has 0 saturated heterocycles. The predicted molar refractivity (Wildman–Crippen MR) is 68.3 cm³/mol. The van der Waals surface area contributed by atoms with E-state index in [-0.39, 0.29) is 17.8 Å². The van der Waals surface area contributed by atoms with Gasteiger partial charge >= 0.3 is 0 Å². The molecule has 1 aromatic rings. The van der Waals surface area contributed by atoms with Crippen LogP contribution >= 0.6 is 0 Å². The number of benzene rings is 1. The predicted octanol–water partition coefficient (Wildman–Crippen LogP) is 1.97. The zero-order chi connectivity index (χ0) is 12.8. The summed E-state index contributed by atoms with van der Waals surface area (Å²) in [5.74, 6) is -0.153. The number of nitrogens with zero attached hydrogens (tertiary/aromatic N) is 3. The molecule has 0 aromatic heterocycles. The van der Waals surface area contributed by atoms with Gasteiger partial charge in [-0.25, -0.2) is 9.38 Å². The van der Waals surface area contributed by atoms with Gasteiger partial charge in [0.2, 0.25) is 5.96 Å². The number of aliphatic imine (C=N–C) groups is 1. The highest BCUT2D eigenvalue weighted by Crippen LogP contribution is 2.10. The molecule has 92 valence electrons. The number of hydrogen-bond acceptors (Lipinski definition) is 2. The van der Waals surface area contributed by atoms with E-state index in [2.05, 4.69) is 16.8 Å². The molecule has 17 heavy (non-hydrogen) atoms. The molecular formula is C12H17FN4. The quantitative estimate of drug-likeness (QED) is 0.493. The molecular weight excluding hydrogens is 219 g/mol. The highest BCUT2D eigenvalue weighted by atomic mass is 19.1. The first kappa shape index (κ1) is 13.2. The molecule has 0 aliphatic heterocycles. The third-order valence-electron chi connectivity index (χ3n) is 2.22. The Hall–Kier alpha value is -1.91. The third-order valence-corrected chi connectivity index (χ3v) is 2.22. The van der Waals surface area contributed by atoms with Crippen molar-refractivity contribution in [2.75, 3.05) is 0 Å². The van der Waals surface area contributed by atoms with E-state index in [4.69, 9.17) is 5.73 Å². The number of guanidine groups is 1. The molecule has 0 radical (unpaired) electrons. The number of nitrogens with two attached hydrogens (primary N) is 1. The summed E-state index contributed by atoms with van der Waals surface area (Å²) in [6, 6.07) is 6.53. The largest absolute Gasteiger partial charge is 0.367 e. The van der Waals surface area contributed by atoms with Crippen molar-refractivity contribution in [3.05, 3.63) is 35.6 Å². The van der Waals surface area contributed by atoms with Crippen molar-refractivity contribution in [1.82, 2.24) is 5.01 Å². The Morgan fingerprint density at radius 2 is 2.24 bits per heavy atom. The van der Waals surface area contributed by atoms with Crippen LogP contribution in [0.1, 0.15) is 19.4 Å². The summed E-state index contributed by atoms with van der Waals surface area (Å²) < 4.78 is 13.0. The highest BCUT2D eigenvalue weighted by Gasteiger charge is 2.08. The number of halogens is 1. The Morgan fingerprint density at radius 3 is 2.76 bits per heavy atom. The summed E-state index contributed by atoms with van der Waals surface area (Å²) in [6.45, 7) is 7.72. The third kappa shape index (κ3) is 4.22. The van der Waals surface area contributed by atoms with E-state index >= 15 is 0 Å². The lowest BCUT2D eigenvalue weighted by Gasteiger charge is -2.23. The van der Waals surface area contributed by atoms with Crippen molar-refractivity contribution in [1.29, 1.82) is 0 Å². The molecule has 0 spiro atoms. The number of hydrazone groups is 1. The van der Waals surface area contributed by atoms with Crippen LogP contribution in [-0.2, 0) is 6.54 Å². The minimum Gasteiger partial charge on any atom is -0.367 e. The first-order valence-corrected chi connectivity index (χ1v) is 5.35. The molecule has 4 nitrogen and oxygen atoms in total. The van der Waals surface area contributed by atoms with E-state index in [0.717, 1.165) is 5.56 Å². The van der Waals surface area contributed by atoms with Gasteiger partial charge in [0.25, 0.3) is 0 Å². The maximum atomic E-state index is 13.0. The second-order valence-corrected chi connectivity index (χ2v) is 3.94. The molecule has 1 aromatic carbocycles. The van der Waals surface area contributed by atoms with Gasteiger partial charge in [0.05, 0.1) is 6.54 Å². The molecule has 0 atom stereocenters. The Labute approximate surface area is 101 Å². The van der Waals surface area contributed by atoms with E-state index in [1.165, 1.54) is 12.1 Å². The maximum Gasteiger partial charge on any atom is 0.236 e. The van der Waals surface area contributed by atoms with Crippen LogP contribution in [0.2, 0.25) is 0 Å². The van der Waals surface area contributed by atoms with Gasteiger partial charge in [-0.05, 0) is 38.3 Å². The minimum atomic E-state index is -0.259. The highest BCUT2D eigenvalue weighted by molar-refractivity contribution is 5.81. The Kier molecular flexibility index (Phi) is 4.63. The van der Waals surface area contributed by atoms with Gasteiger partial charge in [-0.1, -0.05) is 12.1 Å². The lowest BCUT2D eigenvalue weighted by Crippen LogP contribution is -2.28. The van der Waals surface area contributed by atoms with Gasteiger partial charge in [0.1, 0.15) is 5.82 Å². The second-order valence-electron chi connectivity index (χ2n) is 3.94. The van der Waals surface area contributed by atoms with Crippen LogP contribution in [0.3, 0.4) is 0 Å². The number of hydrogen-bond donors (Lipinski definition) is 1. The van der Waals surface area contributed by atoms with E-state index in [9.17, 15) is 4.39 Å². The molecule has 1 rings (SSSR count). The van der Waals surface area contributed by atoms with Crippen LogP contribution in [0.15, 0.2) is 34.4 Å². The fourth-order valence-electron chi connectivity index (χ4n) is 1.32. The van der Waals surface area contributed by atoms with Crippen LogP contribution in [0, 0.1) is 5.82 Å². The summed E-state index contributed by atoms with van der Waals surface area (Å²) in [6.07, 6.45) is 0. The van der Waals surface area contributed by atoms with E-state index in [0.29, 0.717) is 6.54 Å². The number of rotatable bonds is 4. The summed E-state index contributed by atoms with van der Waals surface area (Å²) in [4.78, 5) is 3.53. The molecule has 0 bridgehead atoms. The summed E-state index contributed by atoms with van der Waals surface area (Å²) in [5, 5.41) is 5.83. The van der Waals surface area contributed by atoms with Crippen molar-refractivity contribution in [3.63, 3.8) is 0 Å². The van der Waals surface area contributed by atoms with Crippen molar-refractivity contribution >= 4 is 12.7 Å².